The lowest BCUT2D eigenvalue weighted by Gasteiger charge is -2.20. The van der Waals surface area contributed by atoms with E-state index in [9.17, 15) is 14.7 Å². The van der Waals surface area contributed by atoms with Crippen molar-refractivity contribution in [2.24, 2.45) is 0 Å². The number of aliphatic hydroxyl groups excluding tert-OH is 1. The molecule has 0 amide bonds. The number of rotatable bonds is 4. The zero-order valence-corrected chi connectivity index (χ0v) is 7.90. The highest BCUT2D eigenvalue weighted by atomic mass is 16.5. The molecule has 0 fully saturated rings. The van der Waals surface area contributed by atoms with Gasteiger partial charge in [-0.3, -0.25) is 4.79 Å². The Kier molecular flexibility index (Phi) is 4.03. The lowest BCUT2D eigenvalue weighted by atomic mass is 9.98. The van der Waals surface area contributed by atoms with E-state index in [4.69, 9.17) is 5.11 Å². The second kappa shape index (κ2) is 4.34. The van der Waals surface area contributed by atoms with Crippen LogP contribution in [0.1, 0.15) is 20.8 Å². The van der Waals surface area contributed by atoms with Crippen molar-refractivity contribution in [2.75, 3.05) is 6.61 Å². The van der Waals surface area contributed by atoms with Gasteiger partial charge in [0.05, 0.1) is 6.61 Å². The molecule has 0 spiro atoms. The van der Waals surface area contributed by atoms with E-state index < -0.39 is 23.5 Å². The van der Waals surface area contributed by atoms with E-state index in [1.807, 2.05) is 0 Å². The van der Waals surface area contributed by atoms with Crippen molar-refractivity contribution in [3.8, 4) is 0 Å². The number of ketones is 1. The van der Waals surface area contributed by atoms with Crippen LogP contribution in [0, 0.1) is 0 Å². The van der Waals surface area contributed by atoms with Crippen LogP contribution in [0.3, 0.4) is 0 Å². The van der Waals surface area contributed by atoms with Gasteiger partial charge < -0.3 is 14.9 Å². The topological polar surface area (TPSA) is 83.8 Å². The van der Waals surface area contributed by atoms with E-state index >= 15 is 0 Å². The molecule has 2 unspecified atom stereocenters. The van der Waals surface area contributed by atoms with Gasteiger partial charge in [-0.2, -0.15) is 0 Å². The first-order valence-electron chi connectivity index (χ1n) is 3.96. The summed E-state index contributed by atoms with van der Waals surface area (Å²) in [6.07, 6.45) is -1.39. The zero-order chi connectivity index (χ0) is 10.6. The Hall–Kier alpha value is -0.940. The average molecular weight is 190 g/mol. The number of hydrogen-bond donors (Lipinski definition) is 2. The van der Waals surface area contributed by atoms with Gasteiger partial charge >= 0.3 is 5.97 Å². The van der Waals surface area contributed by atoms with Crippen LogP contribution in [0.4, 0.5) is 0 Å². The van der Waals surface area contributed by atoms with E-state index in [1.54, 1.807) is 6.92 Å². The molecule has 0 saturated heterocycles. The molecule has 2 atom stereocenters. The minimum absolute atomic E-state index is 0.0715. The average Bonchev–Trinajstić information content (AvgIpc) is 2.03. The smallest absolute Gasteiger partial charge is 0.345 e. The van der Waals surface area contributed by atoms with Crippen LogP contribution in [0.25, 0.3) is 0 Å². The lowest BCUT2D eigenvalue weighted by molar-refractivity contribution is -0.171. The maximum atomic E-state index is 11.1. The molecule has 0 aromatic heterocycles. The largest absolute Gasteiger partial charge is 0.464 e. The van der Waals surface area contributed by atoms with Crippen LogP contribution in [-0.2, 0) is 14.3 Å². The quantitative estimate of drug-likeness (QED) is 0.450. The van der Waals surface area contributed by atoms with E-state index in [1.165, 1.54) is 6.92 Å². The Bertz CT molecular complexity index is 207. The first kappa shape index (κ1) is 12.1. The molecule has 0 aliphatic carbocycles. The summed E-state index contributed by atoms with van der Waals surface area (Å²) in [6.45, 7) is 3.80. The van der Waals surface area contributed by atoms with Crippen LogP contribution in [0.5, 0.6) is 0 Å². The van der Waals surface area contributed by atoms with Gasteiger partial charge in [-0.15, -0.1) is 0 Å². The van der Waals surface area contributed by atoms with Gasteiger partial charge in [-0.1, -0.05) is 0 Å². The summed E-state index contributed by atoms with van der Waals surface area (Å²) < 4.78 is 4.46. The van der Waals surface area contributed by atoms with Crippen molar-refractivity contribution in [3.63, 3.8) is 0 Å². The third-order valence-corrected chi connectivity index (χ3v) is 1.53. The summed E-state index contributed by atoms with van der Waals surface area (Å²) in [5.74, 6) is -2.01. The van der Waals surface area contributed by atoms with Crippen molar-refractivity contribution in [2.45, 2.75) is 32.5 Å². The molecule has 5 nitrogen and oxygen atoms in total. The number of carbonyl (C=O) groups excluding carboxylic acids is 2. The van der Waals surface area contributed by atoms with Crippen molar-refractivity contribution >= 4 is 11.8 Å². The summed E-state index contributed by atoms with van der Waals surface area (Å²) >= 11 is 0. The molecule has 0 heterocycles. The molecule has 0 aliphatic heterocycles. The van der Waals surface area contributed by atoms with Gasteiger partial charge in [0.25, 0.3) is 0 Å². The first-order valence-corrected chi connectivity index (χ1v) is 3.96. The number of ether oxygens (including phenoxy) is 1. The molecule has 0 aliphatic rings. The number of hydrogen-bond acceptors (Lipinski definition) is 5. The molecule has 0 radical (unpaired) electrons. The predicted octanol–water partition coefficient (Wildman–Crippen LogP) is -0.750. The Morgan fingerprint density at radius 1 is 1.54 bits per heavy atom. The van der Waals surface area contributed by atoms with Crippen molar-refractivity contribution in [3.05, 3.63) is 0 Å². The van der Waals surface area contributed by atoms with Gasteiger partial charge in [0.2, 0.25) is 11.4 Å². The van der Waals surface area contributed by atoms with Crippen molar-refractivity contribution < 1.29 is 24.5 Å². The highest BCUT2D eigenvalue weighted by Gasteiger charge is 2.42. The van der Waals surface area contributed by atoms with Crippen molar-refractivity contribution in [1.29, 1.82) is 0 Å². The fourth-order valence-corrected chi connectivity index (χ4v) is 0.779. The Balaban J connectivity index is 4.55. The lowest BCUT2D eigenvalue weighted by Crippen LogP contribution is -2.49. The van der Waals surface area contributed by atoms with Crippen molar-refractivity contribution in [1.82, 2.24) is 0 Å². The van der Waals surface area contributed by atoms with Gasteiger partial charge in [-0.05, 0) is 20.8 Å². The van der Waals surface area contributed by atoms with Gasteiger partial charge in [0, 0.05) is 0 Å². The Morgan fingerprint density at radius 2 is 2.00 bits per heavy atom. The molecule has 76 valence electrons. The second-order valence-corrected chi connectivity index (χ2v) is 2.83. The fraction of sp³-hybridized carbons (Fsp3) is 0.750. The normalized spacial score (nSPS) is 17.3. The molecule has 0 aromatic rings. The minimum Gasteiger partial charge on any atom is -0.464 e. The maximum absolute atomic E-state index is 11.1. The van der Waals surface area contributed by atoms with E-state index in [0.717, 1.165) is 6.92 Å². The molecule has 0 saturated carbocycles. The van der Waals surface area contributed by atoms with E-state index in [2.05, 4.69) is 4.74 Å². The van der Waals surface area contributed by atoms with E-state index in [0.29, 0.717) is 0 Å². The molecular formula is C8H14O5. The number of Topliss-reactive ketones (excluding diaryl/α,β-unsaturated/α-hetero) is 1. The number of esters is 1. The van der Waals surface area contributed by atoms with Gasteiger partial charge in [0.15, 0.2) is 0 Å². The Morgan fingerprint density at radius 3 is 2.31 bits per heavy atom. The van der Waals surface area contributed by atoms with Crippen LogP contribution in [0.2, 0.25) is 0 Å². The summed E-state index contributed by atoms with van der Waals surface area (Å²) in [5.41, 5.74) is -2.26. The molecule has 0 rings (SSSR count). The molecule has 5 heteroatoms. The van der Waals surface area contributed by atoms with Crippen LogP contribution >= 0.6 is 0 Å². The third-order valence-electron chi connectivity index (χ3n) is 1.53. The molecule has 13 heavy (non-hydrogen) atoms. The first-order chi connectivity index (χ1) is 5.84. The van der Waals surface area contributed by atoms with Crippen LogP contribution in [-0.4, -0.2) is 40.3 Å². The number of aliphatic hydroxyl groups is 2. The highest BCUT2D eigenvalue weighted by molar-refractivity contribution is 6.08. The summed E-state index contributed by atoms with van der Waals surface area (Å²) in [7, 11) is 0. The SMILES string of the molecule is CCOC(=O)C(C)(O)C(=O)C(C)O. The minimum atomic E-state index is -2.26. The maximum Gasteiger partial charge on any atom is 0.345 e. The van der Waals surface area contributed by atoms with Gasteiger partial charge in [0.1, 0.15) is 6.10 Å². The molecule has 0 bridgehead atoms. The summed E-state index contributed by atoms with van der Waals surface area (Å²) in [6, 6.07) is 0. The fourth-order valence-electron chi connectivity index (χ4n) is 0.779. The van der Waals surface area contributed by atoms with Crippen LogP contribution in [0.15, 0.2) is 0 Å². The molecule has 0 aromatic carbocycles. The van der Waals surface area contributed by atoms with E-state index in [-0.39, 0.29) is 6.61 Å². The van der Waals surface area contributed by atoms with Gasteiger partial charge in [-0.25, -0.2) is 4.79 Å². The second-order valence-electron chi connectivity index (χ2n) is 2.83. The summed E-state index contributed by atoms with van der Waals surface area (Å²) in [5, 5.41) is 18.2. The molecule has 2 N–H and O–H groups in total. The highest BCUT2D eigenvalue weighted by Crippen LogP contribution is 2.10. The Labute approximate surface area is 76.3 Å². The summed E-state index contributed by atoms with van der Waals surface area (Å²) in [4.78, 5) is 22.1. The predicted molar refractivity (Wildman–Crippen MR) is 43.9 cm³/mol. The standard InChI is InChI=1S/C8H14O5/c1-4-13-7(11)8(3,12)6(10)5(2)9/h5,9,12H,4H2,1-3H3. The molecular weight excluding hydrogens is 176 g/mol. The van der Waals surface area contributed by atoms with Crippen LogP contribution < -0.4 is 0 Å². The monoisotopic (exact) mass is 190 g/mol. The third kappa shape index (κ3) is 2.78. The number of carbonyl (C=O) groups is 2. The zero-order valence-electron chi connectivity index (χ0n) is 7.90.